The summed E-state index contributed by atoms with van der Waals surface area (Å²) < 4.78 is 0. The topological polar surface area (TPSA) is 30.0 Å². The van der Waals surface area contributed by atoms with Gasteiger partial charge in [0, 0.05) is 6.20 Å². The van der Waals surface area contributed by atoms with Crippen molar-refractivity contribution in [3.05, 3.63) is 30.1 Å². The Labute approximate surface area is 59.9 Å². The van der Waals surface area contributed by atoms with E-state index in [0.717, 1.165) is 12.0 Å². The molecule has 1 unspecified atom stereocenters. The third-order valence-corrected chi connectivity index (χ3v) is 1.36. The molecule has 0 aliphatic carbocycles. The number of hydrogen-bond acceptors (Lipinski definition) is 2. The second-order valence-electron chi connectivity index (χ2n) is 2.18. The van der Waals surface area contributed by atoms with Crippen molar-refractivity contribution in [3.63, 3.8) is 0 Å². The lowest BCUT2D eigenvalue weighted by atomic mass is 10.1. The van der Waals surface area contributed by atoms with Gasteiger partial charge in [-0.3, -0.25) is 4.98 Å². The Balaban J connectivity index is 2.84. The Hall–Kier alpha value is -1.18. The molecule has 52 valence electrons. The van der Waals surface area contributed by atoms with Crippen molar-refractivity contribution < 1.29 is 4.79 Å². The van der Waals surface area contributed by atoms with Gasteiger partial charge < -0.3 is 4.79 Å². The van der Waals surface area contributed by atoms with Gasteiger partial charge in [-0.2, -0.15) is 0 Å². The maximum atomic E-state index is 10.3. The quantitative estimate of drug-likeness (QED) is 0.573. The summed E-state index contributed by atoms with van der Waals surface area (Å²) in [4.78, 5) is 14.3. The van der Waals surface area contributed by atoms with Crippen LogP contribution in [-0.4, -0.2) is 11.3 Å². The van der Waals surface area contributed by atoms with Crippen molar-refractivity contribution >= 4 is 6.29 Å². The maximum Gasteiger partial charge on any atom is 0.128 e. The number of hydrogen-bond donors (Lipinski definition) is 0. The molecule has 0 aliphatic rings. The summed E-state index contributed by atoms with van der Waals surface area (Å²) in [5, 5.41) is 0. The molecule has 1 rings (SSSR count). The monoisotopic (exact) mass is 135 g/mol. The Morgan fingerprint density at radius 2 is 2.40 bits per heavy atom. The van der Waals surface area contributed by atoms with Gasteiger partial charge in [0.1, 0.15) is 6.29 Å². The summed E-state index contributed by atoms with van der Waals surface area (Å²) in [6.45, 7) is 1.83. The molecule has 2 nitrogen and oxygen atoms in total. The minimum atomic E-state index is -0.0822. The fraction of sp³-hybridized carbons (Fsp3) is 0.250. The molecule has 0 aromatic carbocycles. The predicted molar refractivity (Wildman–Crippen MR) is 38.7 cm³/mol. The van der Waals surface area contributed by atoms with E-state index < -0.39 is 0 Å². The minimum Gasteiger partial charge on any atom is -0.303 e. The number of rotatable bonds is 2. The van der Waals surface area contributed by atoms with Crippen LogP contribution >= 0.6 is 0 Å². The Kier molecular flexibility index (Phi) is 2.15. The van der Waals surface area contributed by atoms with Crippen LogP contribution in [0.4, 0.5) is 0 Å². The van der Waals surface area contributed by atoms with Crippen LogP contribution in [0.1, 0.15) is 18.5 Å². The van der Waals surface area contributed by atoms with E-state index in [-0.39, 0.29) is 5.92 Å². The molecule has 0 radical (unpaired) electrons. The van der Waals surface area contributed by atoms with E-state index >= 15 is 0 Å². The average molecular weight is 135 g/mol. The highest BCUT2D eigenvalue weighted by molar-refractivity contribution is 5.59. The van der Waals surface area contributed by atoms with E-state index in [1.54, 1.807) is 6.20 Å². The first-order chi connectivity index (χ1) is 4.84. The number of aromatic nitrogens is 1. The summed E-state index contributed by atoms with van der Waals surface area (Å²) in [5.41, 5.74) is 0.831. The molecule has 0 saturated heterocycles. The highest BCUT2D eigenvalue weighted by Crippen LogP contribution is 2.06. The van der Waals surface area contributed by atoms with Crippen molar-refractivity contribution in [1.29, 1.82) is 0 Å². The van der Waals surface area contributed by atoms with Crippen molar-refractivity contribution in [2.24, 2.45) is 0 Å². The minimum absolute atomic E-state index is 0.0822. The van der Waals surface area contributed by atoms with E-state index in [4.69, 9.17) is 0 Å². The normalized spacial score (nSPS) is 12.5. The zero-order valence-corrected chi connectivity index (χ0v) is 5.82. The van der Waals surface area contributed by atoms with Gasteiger partial charge in [-0.15, -0.1) is 0 Å². The predicted octanol–water partition coefficient (Wildman–Crippen LogP) is 1.38. The zero-order valence-electron chi connectivity index (χ0n) is 5.82. The van der Waals surface area contributed by atoms with Gasteiger partial charge in [0.2, 0.25) is 0 Å². The number of carbonyl (C=O) groups is 1. The Bertz CT molecular complexity index is 208. The van der Waals surface area contributed by atoms with Crippen molar-refractivity contribution in [2.45, 2.75) is 12.8 Å². The smallest absolute Gasteiger partial charge is 0.128 e. The van der Waals surface area contributed by atoms with Crippen molar-refractivity contribution in [2.75, 3.05) is 0 Å². The second kappa shape index (κ2) is 3.11. The summed E-state index contributed by atoms with van der Waals surface area (Å²) in [6, 6.07) is 5.56. The standard InChI is InChI=1S/C8H9NO/c1-7(6-10)8-4-2-3-5-9-8/h2-7H,1H3. The molecule has 1 atom stereocenters. The Morgan fingerprint density at radius 1 is 1.60 bits per heavy atom. The van der Waals surface area contributed by atoms with Gasteiger partial charge in [-0.05, 0) is 12.1 Å². The van der Waals surface area contributed by atoms with Crippen LogP contribution in [0.3, 0.4) is 0 Å². The molecule has 0 saturated carbocycles. The number of pyridine rings is 1. The molecule has 0 aliphatic heterocycles. The van der Waals surface area contributed by atoms with Crippen LogP contribution in [0, 0.1) is 0 Å². The molecule has 1 aromatic heterocycles. The molecule has 0 N–H and O–H groups in total. The van der Waals surface area contributed by atoms with E-state index in [9.17, 15) is 4.79 Å². The Morgan fingerprint density at radius 3 is 2.90 bits per heavy atom. The third-order valence-electron chi connectivity index (χ3n) is 1.36. The first kappa shape index (κ1) is 6.93. The lowest BCUT2D eigenvalue weighted by molar-refractivity contribution is -0.108. The summed E-state index contributed by atoms with van der Waals surface area (Å²) in [6.07, 6.45) is 2.58. The van der Waals surface area contributed by atoms with Crippen LogP contribution in [0.2, 0.25) is 0 Å². The van der Waals surface area contributed by atoms with E-state index in [1.807, 2.05) is 25.1 Å². The van der Waals surface area contributed by atoms with Gasteiger partial charge in [0.05, 0.1) is 11.6 Å². The van der Waals surface area contributed by atoms with E-state index in [0.29, 0.717) is 0 Å². The largest absolute Gasteiger partial charge is 0.303 e. The van der Waals surface area contributed by atoms with E-state index in [1.165, 1.54) is 0 Å². The molecular weight excluding hydrogens is 126 g/mol. The van der Waals surface area contributed by atoms with Crippen molar-refractivity contribution in [1.82, 2.24) is 4.98 Å². The summed E-state index contributed by atoms with van der Waals surface area (Å²) in [7, 11) is 0. The van der Waals surface area contributed by atoms with Crippen LogP contribution in [0.5, 0.6) is 0 Å². The number of nitrogens with zero attached hydrogens (tertiary/aromatic N) is 1. The lowest BCUT2D eigenvalue weighted by Gasteiger charge is -1.99. The molecular formula is C8H9NO. The summed E-state index contributed by atoms with van der Waals surface area (Å²) >= 11 is 0. The number of carbonyl (C=O) groups excluding carboxylic acids is 1. The molecule has 2 heteroatoms. The van der Waals surface area contributed by atoms with Crippen LogP contribution in [-0.2, 0) is 4.79 Å². The molecule has 1 heterocycles. The molecule has 10 heavy (non-hydrogen) atoms. The molecule has 0 spiro atoms. The van der Waals surface area contributed by atoms with Gasteiger partial charge >= 0.3 is 0 Å². The zero-order chi connectivity index (χ0) is 7.40. The fourth-order valence-electron chi connectivity index (χ4n) is 0.715. The molecule has 0 amide bonds. The van der Waals surface area contributed by atoms with Crippen LogP contribution in [0.25, 0.3) is 0 Å². The van der Waals surface area contributed by atoms with Gasteiger partial charge in [0.15, 0.2) is 0 Å². The maximum absolute atomic E-state index is 10.3. The van der Waals surface area contributed by atoms with Gasteiger partial charge in [-0.25, -0.2) is 0 Å². The second-order valence-corrected chi connectivity index (χ2v) is 2.18. The number of aldehydes is 1. The third kappa shape index (κ3) is 1.41. The fourth-order valence-corrected chi connectivity index (χ4v) is 0.715. The van der Waals surface area contributed by atoms with Gasteiger partial charge in [-0.1, -0.05) is 13.0 Å². The first-order valence-electron chi connectivity index (χ1n) is 3.21. The lowest BCUT2D eigenvalue weighted by Crippen LogP contribution is -1.95. The molecule has 1 aromatic rings. The first-order valence-corrected chi connectivity index (χ1v) is 3.21. The van der Waals surface area contributed by atoms with Gasteiger partial charge in [0.25, 0.3) is 0 Å². The van der Waals surface area contributed by atoms with Crippen LogP contribution in [0.15, 0.2) is 24.4 Å². The highest BCUT2D eigenvalue weighted by atomic mass is 16.1. The van der Waals surface area contributed by atoms with E-state index in [2.05, 4.69) is 4.98 Å². The van der Waals surface area contributed by atoms with Crippen molar-refractivity contribution in [3.8, 4) is 0 Å². The molecule has 0 fully saturated rings. The SMILES string of the molecule is CC(C=O)c1ccccn1. The molecule has 0 bridgehead atoms. The summed E-state index contributed by atoms with van der Waals surface area (Å²) in [5.74, 6) is -0.0822. The average Bonchev–Trinajstić information content (AvgIpc) is 2.05. The van der Waals surface area contributed by atoms with Crippen LogP contribution < -0.4 is 0 Å². The highest BCUT2D eigenvalue weighted by Gasteiger charge is 2.01.